The van der Waals surface area contributed by atoms with Crippen molar-refractivity contribution in [2.75, 3.05) is 13.2 Å². The number of hydrogen-bond acceptors (Lipinski definition) is 2. The first-order valence-electron chi connectivity index (χ1n) is 6.94. The van der Waals surface area contributed by atoms with Gasteiger partial charge >= 0.3 is 0 Å². The van der Waals surface area contributed by atoms with Crippen LogP contribution in [0.15, 0.2) is 46.9 Å². The second-order valence-corrected chi connectivity index (χ2v) is 6.48. The van der Waals surface area contributed by atoms with Crippen molar-refractivity contribution < 1.29 is 9.47 Å². The second kappa shape index (κ2) is 6.95. The Morgan fingerprint density at radius 1 is 1.19 bits per heavy atom. The zero-order chi connectivity index (χ0) is 14.7. The Morgan fingerprint density at radius 2 is 2.05 bits per heavy atom. The van der Waals surface area contributed by atoms with E-state index in [9.17, 15) is 0 Å². The van der Waals surface area contributed by atoms with Gasteiger partial charge in [-0.2, -0.15) is 0 Å². The van der Waals surface area contributed by atoms with Gasteiger partial charge in [0.2, 0.25) is 0 Å². The summed E-state index contributed by atoms with van der Waals surface area (Å²) in [6.07, 6.45) is 0.999. The molecule has 4 heteroatoms. The molecule has 0 amide bonds. The smallest absolute Gasteiger partial charge is 0.123 e. The molecule has 21 heavy (non-hydrogen) atoms. The van der Waals surface area contributed by atoms with Gasteiger partial charge < -0.3 is 9.47 Å². The molecular formula is C17H16Br2O2. The maximum Gasteiger partial charge on any atom is 0.123 e. The molecule has 0 radical (unpaired) electrons. The molecule has 110 valence electrons. The van der Waals surface area contributed by atoms with Gasteiger partial charge in [0, 0.05) is 15.4 Å². The van der Waals surface area contributed by atoms with E-state index in [1.54, 1.807) is 0 Å². The van der Waals surface area contributed by atoms with Crippen LogP contribution >= 0.6 is 31.9 Å². The fraction of sp³-hybridized carbons (Fsp3) is 0.294. The van der Waals surface area contributed by atoms with E-state index >= 15 is 0 Å². The molecule has 2 aromatic carbocycles. The number of fused-ring (bicyclic) bond motifs is 1. The summed E-state index contributed by atoms with van der Waals surface area (Å²) in [5.41, 5.74) is 3.75. The lowest BCUT2D eigenvalue weighted by Crippen LogP contribution is -2.21. The van der Waals surface area contributed by atoms with Crippen molar-refractivity contribution in [2.24, 2.45) is 0 Å². The van der Waals surface area contributed by atoms with Gasteiger partial charge in [0.05, 0.1) is 6.61 Å². The van der Waals surface area contributed by atoms with Crippen LogP contribution in [0.3, 0.4) is 0 Å². The fourth-order valence-electron chi connectivity index (χ4n) is 2.57. The van der Waals surface area contributed by atoms with Gasteiger partial charge in [-0.1, -0.05) is 56.1 Å². The molecular weight excluding hydrogens is 396 g/mol. The molecule has 0 aliphatic carbocycles. The summed E-state index contributed by atoms with van der Waals surface area (Å²) in [6, 6.07) is 14.5. The molecule has 1 atom stereocenters. The maximum absolute atomic E-state index is 6.00. The first kappa shape index (κ1) is 15.1. The topological polar surface area (TPSA) is 18.5 Å². The summed E-state index contributed by atoms with van der Waals surface area (Å²) in [7, 11) is 0. The highest BCUT2D eigenvalue weighted by molar-refractivity contribution is 9.10. The Kier molecular flexibility index (Phi) is 4.99. The molecule has 0 bridgehead atoms. The molecule has 1 heterocycles. The van der Waals surface area contributed by atoms with Crippen molar-refractivity contribution in [1.82, 2.24) is 0 Å². The number of ether oxygens (including phenoxy) is 2. The zero-order valence-electron chi connectivity index (χ0n) is 11.5. The number of alkyl halides is 1. The Bertz CT molecular complexity index is 628. The zero-order valence-corrected chi connectivity index (χ0v) is 14.7. The third-order valence-electron chi connectivity index (χ3n) is 3.65. The Balaban J connectivity index is 1.74. The molecule has 1 aliphatic rings. The van der Waals surface area contributed by atoms with E-state index < -0.39 is 0 Å². The van der Waals surface area contributed by atoms with Crippen molar-refractivity contribution in [3.05, 3.63) is 63.6 Å². The molecule has 0 spiro atoms. The minimum atomic E-state index is 0.0155. The molecule has 1 unspecified atom stereocenters. The van der Waals surface area contributed by atoms with E-state index in [4.69, 9.17) is 9.47 Å². The largest absolute Gasteiger partial charge is 0.490 e. The minimum Gasteiger partial charge on any atom is -0.490 e. The van der Waals surface area contributed by atoms with E-state index in [1.165, 1.54) is 11.1 Å². The molecule has 0 aromatic heterocycles. The summed E-state index contributed by atoms with van der Waals surface area (Å²) < 4.78 is 12.9. The maximum atomic E-state index is 6.00. The summed E-state index contributed by atoms with van der Waals surface area (Å²) in [5.74, 6) is 0.904. The Labute approximate surface area is 141 Å². The lowest BCUT2D eigenvalue weighted by molar-refractivity contribution is 0.0100. The van der Waals surface area contributed by atoms with Gasteiger partial charge in [-0.25, -0.2) is 0 Å². The highest BCUT2D eigenvalue weighted by atomic mass is 79.9. The van der Waals surface area contributed by atoms with Crippen LogP contribution < -0.4 is 4.74 Å². The molecule has 0 fully saturated rings. The van der Waals surface area contributed by atoms with Gasteiger partial charge in [-0.15, -0.1) is 0 Å². The van der Waals surface area contributed by atoms with Crippen LogP contribution in [0, 0.1) is 0 Å². The molecule has 0 saturated carbocycles. The van der Waals surface area contributed by atoms with Crippen LogP contribution in [-0.2, 0) is 16.5 Å². The molecule has 2 aromatic rings. The average Bonchev–Trinajstić information content (AvgIpc) is 2.53. The lowest BCUT2D eigenvalue weighted by Gasteiger charge is -2.26. The van der Waals surface area contributed by atoms with Gasteiger partial charge in [0.1, 0.15) is 18.5 Å². The van der Waals surface area contributed by atoms with Gasteiger partial charge in [-0.3, -0.25) is 0 Å². The van der Waals surface area contributed by atoms with E-state index in [0.717, 1.165) is 34.1 Å². The second-order valence-electron chi connectivity index (χ2n) is 5.00. The predicted molar refractivity (Wildman–Crippen MR) is 91.1 cm³/mol. The first-order valence-corrected chi connectivity index (χ1v) is 8.86. The summed E-state index contributed by atoms with van der Waals surface area (Å²) >= 11 is 6.99. The molecule has 0 saturated heterocycles. The van der Waals surface area contributed by atoms with Crippen LogP contribution in [0.2, 0.25) is 0 Å². The fourth-order valence-corrected chi connectivity index (χ4v) is 3.42. The lowest BCUT2D eigenvalue weighted by atomic mass is 9.98. The summed E-state index contributed by atoms with van der Waals surface area (Å²) in [4.78, 5) is 0. The SMILES string of the molecule is BrCc1cc(Br)ccc1OCC1OCCc2ccccc21. The third-order valence-corrected chi connectivity index (χ3v) is 4.75. The molecule has 1 aliphatic heterocycles. The van der Waals surface area contributed by atoms with Gasteiger partial charge in [0.25, 0.3) is 0 Å². The number of benzene rings is 2. The first-order chi connectivity index (χ1) is 10.3. The standard InChI is InChI=1S/C17H16Br2O2/c18-10-13-9-14(19)5-6-16(13)21-11-17-15-4-2-1-3-12(15)7-8-20-17/h1-6,9,17H,7-8,10-11H2. The van der Waals surface area contributed by atoms with Crippen LogP contribution in [0.4, 0.5) is 0 Å². The number of rotatable bonds is 4. The van der Waals surface area contributed by atoms with Crippen LogP contribution in [0.1, 0.15) is 22.8 Å². The summed E-state index contributed by atoms with van der Waals surface area (Å²) in [6.45, 7) is 1.30. The monoisotopic (exact) mass is 410 g/mol. The van der Waals surface area contributed by atoms with Crippen molar-refractivity contribution in [3.8, 4) is 5.75 Å². The predicted octanol–water partition coefficient (Wildman–Crippen LogP) is 5.04. The molecule has 0 N–H and O–H groups in total. The quantitative estimate of drug-likeness (QED) is 0.656. The van der Waals surface area contributed by atoms with E-state index in [1.807, 2.05) is 12.1 Å². The van der Waals surface area contributed by atoms with E-state index in [2.05, 4.69) is 62.2 Å². The van der Waals surface area contributed by atoms with Gasteiger partial charge in [-0.05, 0) is 35.7 Å². The number of hydrogen-bond donors (Lipinski definition) is 0. The van der Waals surface area contributed by atoms with Crippen LogP contribution in [0.25, 0.3) is 0 Å². The van der Waals surface area contributed by atoms with Crippen LogP contribution in [0.5, 0.6) is 5.75 Å². The average molecular weight is 412 g/mol. The normalized spacial score (nSPS) is 17.3. The van der Waals surface area contributed by atoms with E-state index in [0.29, 0.717) is 6.61 Å². The third kappa shape index (κ3) is 3.50. The van der Waals surface area contributed by atoms with Crippen molar-refractivity contribution in [2.45, 2.75) is 17.9 Å². The van der Waals surface area contributed by atoms with Gasteiger partial charge in [0.15, 0.2) is 0 Å². The number of halogens is 2. The van der Waals surface area contributed by atoms with Crippen LogP contribution in [-0.4, -0.2) is 13.2 Å². The minimum absolute atomic E-state index is 0.0155. The van der Waals surface area contributed by atoms with Crippen molar-refractivity contribution >= 4 is 31.9 Å². The molecule has 2 nitrogen and oxygen atoms in total. The molecule has 3 rings (SSSR count). The van der Waals surface area contributed by atoms with E-state index in [-0.39, 0.29) is 6.10 Å². The Morgan fingerprint density at radius 3 is 2.90 bits per heavy atom. The highest BCUT2D eigenvalue weighted by Gasteiger charge is 2.21. The highest BCUT2D eigenvalue weighted by Crippen LogP contribution is 2.30. The van der Waals surface area contributed by atoms with Crippen molar-refractivity contribution in [3.63, 3.8) is 0 Å². The Hall–Kier alpha value is -0.840. The van der Waals surface area contributed by atoms with Crippen molar-refractivity contribution in [1.29, 1.82) is 0 Å². The summed E-state index contributed by atoms with van der Waals surface area (Å²) in [5, 5.41) is 0.768.